The summed E-state index contributed by atoms with van der Waals surface area (Å²) in [5, 5.41) is 0. The van der Waals surface area contributed by atoms with E-state index in [4.69, 9.17) is 0 Å². The van der Waals surface area contributed by atoms with Gasteiger partial charge >= 0.3 is 0 Å². The predicted octanol–water partition coefficient (Wildman–Crippen LogP) is 1.45. The Morgan fingerprint density at radius 3 is 2.25 bits per heavy atom. The molecule has 0 aliphatic carbocycles. The molecule has 2 saturated heterocycles. The highest BCUT2D eigenvalue weighted by Gasteiger charge is 2.30. The number of carbonyl (C=O) groups is 2. The Morgan fingerprint density at radius 1 is 1.04 bits per heavy atom. The molecule has 2 aliphatic rings. The summed E-state index contributed by atoms with van der Waals surface area (Å²) in [5.74, 6) is 0.599. The van der Waals surface area contributed by atoms with Gasteiger partial charge in [0.05, 0.1) is 11.4 Å². The van der Waals surface area contributed by atoms with Crippen LogP contribution in [-0.4, -0.2) is 80.0 Å². The van der Waals surface area contributed by atoms with E-state index in [1.165, 1.54) is 29.8 Å². The van der Waals surface area contributed by atoms with Gasteiger partial charge in [0.15, 0.2) is 5.78 Å². The molecule has 3 rings (SSSR count). The smallest absolute Gasteiger partial charge is 0.243 e. The minimum absolute atomic E-state index is 0.0923. The normalized spacial score (nSPS) is 22.2. The van der Waals surface area contributed by atoms with Gasteiger partial charge in [0.1, 0.15) is 0 Å². The van der Waals surface area contributed by atoms with Crippen LogP contribution in [0.25, 0.3) is 0 Å². The van der Waals surface area contributed by atoms with Crippen LogP contribution >= 0.6 is 0 Å². The Hall–Kier alpha value is -1.77. The first-order chi connectivity index (χ1) is 13.3. The Balaban J connectivity index is 1.55. The predicted molar refractivity (Wildman–Crippen MR) is 107 cm³/mol. The van der Waals surface area contributed by atoms with Crippen molar-refractivity contribution in [2.75, 3.05) is 45.8 Å². The van der Waals surface area contributed by atoms with Crippen LogP contribution in [0.1, 0.15) is 37.0 Å². The molecule has 0 bridgehead atoms. The molecule has 2 aliphatic heterocycles. The fourth-order valence-corrected chi connectivity index (χ4v) is 5.27. The summed E-state index contributed by atoms with van der Waals surface area (Å²) in [6.45, 7) is 7.44. The molecule has 2 heterocycles. The summed E-state index contributed by atoms with van der Waals surface area (Å²) < 4.78 is 27.1. The molecule has 28 heavy (non-hydrogen) atoms. The van der Waals surface area contributed by atoms with E-state index in [0.717, 1.165) is 19.5 Å². The first kappa shape index (κ1) is 21.0. The highest BCUT2D eigenvalue weighted by atomic mass is 32.2. The second-order valence-electron chi connectivity index (χ2n) is 7.85. The van der Waals surface area contributed by atoms with E-state index in [2.05, 4.69) is 6.92 Å². The third-order valence-electron chi connectivity index (χ3n) is 5.60. The maximum Gasteiger partial charge on any atom is 0.243 e. The Morgan fingerprint density at radius 2 is 1.68 bits per heavy atom. The monoisotopic (exact) mass is 407 g/mol. The van der Waals surface area contributed by atoms with E-state index >= 15 is 0 Å². The highest BCUT2D eigenvalue weighted by Crippen LogP contribution is 2.19. The van der Waals surface area contributed by atoms with Crippen LogP contribution < -0.4 is 0 Å². The fourth-order valence-electron chi connectivity index (χ4n) is 3.85. The standard InChI is InChI=1S/C20H29N3O4S/c1-16-4-3-9-22(14-16)20(25)15-21-10-12-23(13-11-21)28(26,27)19-7-5-18(6-8-19)17(2)24/h5-8,16H,3-4,9-15H2,1-2H3/t16-/m1/s1. The number of rotatable bonds is 5. The summed E-state index contributed by atoms with van der Waals surface area (Å²) in [5.41, 5.74) is 0.495. The van der Waals surface area contributed by atoms with Crippen LogP contribution in [0, 0.1) is 5.92 Å². The summed E-state index contributed by atoms with van der Waals surface area (Å²) in [6, 6.07) is 6.06. The Kier molecular flexibility index (Phi) is 6.52. The van der Waals surface area contributed by atoms with Gasteiger partial charge in [-0.15, -0.1) is 0 Å². The van der Waals surface area contributed by atoms with E-state index in [9.17, 15) is 18.0 Å². The third-order valence-corrected chi connectivity index (χ3v) is 7.51. The lowest BCUT2D eigenvalue weighted by molar-refractivity contribution is -0.134. The van der Waals surface area contributed by atoms with Crippen LogP contribution in [0.3, 0.4) is 0 Å². The molecule has 0 unspecified atom stereocenters. The number of amides is 1. The summed E-state index contributed by atoms with van der Waals surface area (Å²) in [4.78, 5) is 28.1. The molecule has 0 radical (unpaired) electrons. The van der Waals surface area contributed by atoms with Gasteiger partial charge in [0, 0.05) is 44.8 Å². The van der Waals surface area contributed by atoms with Crippen LogP contribution in [0.15, 0.2) is 29.2 Å². The zero-order chi connectivity index (χ0) is 20.3. The maximum atomic E-state index is 12.8. The average Bonchev–Trinajstić information content (AvgIpc) is 2.68. The maximum absolute atomic E-state index is 12.8. The highest BCUT2D eigenvalue weighted by molar-refractivity contribution is 7.89. The van der Waals surface area contributed by atoms with Gasteiger partial charge in [-0.25, -0.2) is 8.42 Å². The number of carbonyl (C=O) groups excluding carboxylic acids is 2. The molecule has 1 atom stereocenters. The lowest BCUT2D eigenvalue weighted by Gasteiger charge is -2.36. The van der Waals surface area contributed by atoms with Gasteiger partial charge in [-0.1, -0.05) is 19.1 Å². The van der Waals surface area contributed by atoms with Crippen molar-refractivity contribution in [2.24, 2.45) is 5.92 Å². The van der Waals surface area contributed by atoms with Gasteiger partial charge < -0.3 is 4.90 Å². The lowest BCUT2D eigenvalue weighted by atomic mass is 10.0. The molecule has 7 nitrogen and oxygen atoms in total. The first-order valence-electron chi connectivity index (χ1n) is 9.88. The number of sulfonamides is 1. The molecule has 0 saturated carbocycles. The number of nitrogens with zero attached hydrogens (tertiary/aromatic N) is 3. The second kappa shape index (κ2) is 8.71. The summed E-state index contributed by atoms with van der Waals surface area (Å²) in [6.07, 6.45) is 2.23. The molecule has 0 N–H and O–H groups in total. The van der Waals surface area contributed by atoms with Crippen molar-refractivity contribution >= 4 is 21.7 Å². The minimum atomic E-state index is -3.58. The number of Topliss-reactive ketones (excluding diaryl/α,β-unsaturated/α-hetero) is 1. The number of piperazine rings is 1. The molecule has 1 aromatic carbocycles. The summed E-state index contributed by atoms with van der Waals surface area (Å²) in [7, 11) is -3.58. The molecule has 0 spiro atoms. The molecule has 2 fully saturated rings. The van der Waals surface area contributed by atoms with Crippen molar-refractivity contribution in [1.29, 1.82) is 0 Å². The van der Waals surface area contributed by atoms with Crippen LogP contribution in [0.4, 0.5) is 0 Å². The molecular weight excluding hydrogens is 378 g/mol. The quantitative estimate of drug-likeness (QED) is 0.691. The molecular formula is C20H29N3O4S. The molecule has 1 aromatic rings. The van der Waals surface area contributed by atoms with Gasteiger partial charge in [-0.3, -0.25) is 14.5 Å². The van der Waals surface area contributed by atoms with Gasteiger partial charge in [-0.2, -0.15) is 4.31 Å². The average molecular weight is 408 g/mol. The molecule has 1 amide bonds. The van der Waals surface area contributed by atoms with Crippen LogP contribution in [-0.2, 0) is 14.8 Å². The van der Waals surface area contributed by atoms with Crippen molar-refractivity contribution in [2.45, 2.75) is 31.6 Å². The largest absolute Gasteiger partial charge is 0.341 e. The SMILES string of the molecule is CC(=O)c1ccc(S(=O)(=O)N2CCN(CC(=O)N3CCC[C@@H](C)C3)CC2)cc1. The zero-order valence-electron chi connectivity index (χ0n) is 16.6. The van der Waals surface area contributed by atoms with Crippen molar-refractivity contribution in [1.82, 2.24) is 14.1 Å². The topological polar surface area (TPSA) is 78.0 Å². The van der Waals surface area contributed by atoms with Crippen molar-refractivity contribution in [3.05, 3.63) is 29.8 Å². The number of piperidine rings is 1. The van der Waals surface area contributed by atoms with Crippen molar-refractivity contribution in [3.8, 4) is 0 Å². The van der Waals surface area contributed by atoms with E-state index in [0.29, 0.717) is 44.2 Å². The number of likely N-dealkylation sites (tertiary alicyclic amines) is 1. The first-order valence-corrected chi connectivity index (χ1v) is 11.3. The Labute approximate surface area is 167 Å². The number of ketones is 1. The number of benzene rings is 1. The van der Waals surface area contributed by atoms with Gasteiger partial charge in [0.2, 0.25) is 15.9 Å². The lowest BCUT2D eigenvalue weighted by Crippen LogP contribution is -2.52. The molecule has 154 valence electrons. The van der Waals surface area contributed by atoms with Crippen LogP contribution in [0.5, 0.6) is 0 Å². The van der Waals surface area contributed by atoms with Crippen LogP contribution in [0.2, 0.25) is 0 Å². The van der Waals surface area contributed by atoms with E-state index in [1.807, 2.05) is 9.80 Å². The molecule has 0 aromatic heterocycles. The zero-order valence-corrected chi connectivity index (χ0v) is 17.5. The molecule has 8 heteroatoms. The second-order valence-corrected chi connectivity index (χ2v) is 9.79. The van der Waals surface area contributed by atoms with E-state index < -0.39 is 10.0 Å². The van der Waals surface area contributed by atoms with E-state index in [1.54, 1.807) is 12.1 Å². The number of hydrogen-bond donors (Lipinski definition) is 0. The fraction of sp³-hybridized carbons (Fsp3) is 0.600. The van der Waals surface area contributed by atoms with Gasteiger partial charge in [-0.05, 0) is 37.8 Å². The third kappa shape index (κ3) is 4.79. The van der Waals surface area contributed by atoms with Crippen molar-refractivity contribution in [3.63, 3.8) is 0 Å². The summed E-state index contributed by atoms with van der Waals surface area (Å²) >= 11 is 0. The number of hydrogen-bond acceptors (Lipinski definition) is 5. The minimum Gasteiger partial charge on any atom is -0.341 e. The van der Waals surface area contributed by atoms with E-state index in [-0.39, 0.29) is 16.6 Å². The Bertz CT molecular complexity index is 814. The van der Waals surface area contributed by atoms with Crippen molar-refractivity contribution < 1.29 is 18.0 Å². The van der Waals surface area contributed by atoms with Gasteiger partial charge in [0.25, 0.3) is 0 Å².